The number of halogens is 1. The van der Waals surface area contributed by atoms with E-state index in [0.717, 1.165) is 6.07 Å². The van der Waals surface area contributed by atoms with Crippen molar-refractivity contribution in [1.29, 1.82) is 0 Å². The van der Waals surface area contributed by atoms with Gasteiger partial charge in [-0.3, -0.25) is 4.79 Å². The zero-order valence-electron chi connectivity index (χ0n) is 16.6. The van der Waals surface area contributed by atoms with E-state index in [4.69, 9.17) is 9.47 Å². The molecule has 1 amide bonds. The summed E-state index contributed by atoms with van der Waals surface area (Å²) in [5.41, 5.74) is 1.50. The monoisotopic (exact) mass is 432 g/mol. The number of benzene rings is 2. The van der Waals surface area contributed by atoms with Gasteiger partial charge in [-0.1, -0.05) is 0 Å². The fourth-order valence-corrected chi connectivity index (χ4v) is 5.68. The maximum atomic E-state index is 13.8. The summed E-state index contributed by atoms with van der Waals surface area (Å²) in [7, 11) is -1.13. The summed E-state index contributed by atoms with van der Waals surface area (Å²) in [5.74, 6) is -0.272. The van der Waals surface area contributed by atoms with E-state index in [1.807, 2.05) is 0 Å². The maximum Gasteiger partial charge on any atom is 0.265 e. The van der Waals surface area contributed by atoms with Gasteiger partial charge in [0.15, 0.2) is 4.91 Å². The number of fused-ring (bicyclic) bond motifs is 3. The number of rotatable bonds is 5. The molecule has 2 aliphatic heterocycles. The van der Waals surface area contributed by atoms with Crippen molar-refractivity contribution >= 4 is 21.4 Å². The largest absolute Gasteiger partial charge is 0.497 e. The summed E-state index contributed by atoms with van der Waals surface area (Å²) in [5, 5.41) is 2.68. The van der Waals surface area contributed by atoms with Crippen LogP contribution < -0.4 is 19.7 Å². The van der Waals surface area contributed by atoms with E-state index >= 15 is 0 Å². The minimum absolute atomic E-state index is 0.0432. The van der Waals surface area contributed by atoms with Crippen molar-refractivity contribution in [3.63, 3.8) is 0 Å². The summed E-state index contributed by atoms with van der Waals surface area (Å²) in [4.78, 5) is 14.3. The minimum Gasteiger partial charge on any atom is -0.497 e. The minimum atomic E-state index is -4.16. The summed E-state index contributed by atoms with van der Waals surface area (Å²) >= 11 is 0. The molecule has 2 heterocycles. The van der Waals surface area contributed by atoms with E-state index in [-0.39, 0.29) is 16.3 Å². The predicted octanol–water partition coefficient (Wildman–Crippen LogP) is 2.76. The molecule has 158 valence electrons. The second kappa shape index (κ2) is 7.64. The number of amides is 1. The summed E-state index contributed by atoms with van der Waals surface area (Å²) in [6.45, 7) is 0.617. The van der Waals surface area contributed by atoms with Crippen molar-refractivity contribution in [3.8, 4) is 11.5 Å². The highest BCUT2D eigenvalue weighted by Crippen LogP contribution is 2.43. The van der Waals surface area contributed by atoms with Crippen molar-refractivity contribution in [2.45, 2.75) is 24.3 Å². The number of ether oxygens (including phenoxy) is 2. The van der Waals surface area contributed by atoms with Gasteiger partial charge in [0.1, 0.15) is 17.3 Å². The molecule has 2 aromatic rings. The van der Waals surface area contributed by atoms with Gasteiger partial charge >= 0.3 is 0 Å². The Kier molecular flexibility index (Phi) is 5.15. The van der Waals surface area contributed by atoms with Crippen molar-refractivity contribution in [3.05, 3.63) is 58.4 Å². The van der Waals surface area contributed by atoms with Crippen molar-refractivity contribution in [2.24, 2.45) is 0 Å². The van der Waals surface area contributed by atoms with Crippen LogP contribution in [0.3, 0.4) is 0 Å². The van der Waals surface area contributed by atoms with Gasteiger partial charge < -0.3 is 19.7 Å². The van der Waals surface area contributed by atoms with Crippen LogP contribution in [-0.4, -0.2) is 35.1 Å². The summed E-state index contributed by atoms with van der Waals surface area (Å²) in [6.07, 6.45) is 1.17. The van der Waals surface area contributed by atoms with Crippen LogP contribution in [-0.2, 0) is 21.2 Å². The Morgan fingerprint density at radius 3 is 2.70 bits per heavy atom. The van der Waals surface area contributed by atoms with Gasteiger partial charge in [0.05, 0.1) is 24.8 Å². The van der Waals surface area contributed by atoms with E-state index in [9.17, 15) is 17.6 Å². The molecular formula is C21H21FN2O5S. The van der Waals surface area contributed by atoms with Crippen LogP contribution in [0.4, 0.5) is 10.1 Å². The number of carbonyl (C=O) groups excluding carboxylic acids is 1. The average molecular weight is 432 g/mol. The second-order valence-electron chi connectivity index (χ2n) is 7.01. The molecule has 4 rings (SSSR count). The fraction of sp³-hybridized carbons (Fsp3) is 0.286. The molecular weight excluding hydrogens is 411 g/mol. The highest BCUT2D eigenvalue weighted by Gasteiger charge is 2.42. The van der Waals surface area contributed by atoms with Crippen LogP contribution >= 0.6 is 0 Å². The number of allylic oxidation sites excluding steroid dienone is 1. The zero-order valence-corrected chi connectivity index (χ0v) is 17.4. The number of anilines is 1. The molecule has 1 N–H and O–H groups in total. The maximum absolute atomic E-state index is 13.8. The Hall–Kier alpha value is -3.07. The third-order valence-corrected chi connectivity index (χ3v) is 7.15. The molecule has 0 atom stereocenters. The van der Waals surface area contributed by atoms with Gasteiger partial charge in [-0.15, -0.1) is 0 Å². The van der Waals surface area contributed by atoms with Gasteiger partial charge in [0.2, 0.25) is 9.84 Å². The topological polar surface area (TPSA) is 84.9 Å². The molecule has 0 bridgehead atoms. The van der Waals surface area contributed by atoms with E-state index in [1.54, 1.807) is 23.1 Å². The molecule has 0 radical (unpaired) electrons. The van der Waals surface area contributed by atoms with Gasteiger partial charge in [0.25, 0.3) is 5.91 Å². The van der Waals surface area contributed by atoms with Crippen molar-refractivity contribution < 1.29 is 27.1 Å². The van der Waals surface area contributed by atoms with E-state index in [2.05, 4.69) is 5.32 Å². The van der Waals surface area contributed by atoms with Crippen LogP contribution in [0.15, 0.2) is 51.9 Å². The first-order valence-electron chi connectivity index (χ1n) is 9.41. The number of nitrogens with one attached hydrogen (secondary N) is 1. The molecule has 1 saturated heterocycles. The van der Waals surface area contributed by atoms with Crippen LogP contribution in [0.1, 0.15) is 18.4 Å². The standard InChI is InChI=1S/C21H21FN2O5S/c1-28-15-6-8-18(29-2)13(10-15)12-23-21(25)20-17-4-3-9-24(17)16-7-5-14(22)11-19(16)30(20,26)27/h5-8,10-11H,3-4,9,12H2,1-2H3,(H,23,25). The quantitative estimate of drug-likeness (QED) is 0.782. The molecule has 0 spiro atoms. The average Bonchev–Trinajstić information content (AvgIpc) is 3.20. The number of sulfone groups is 1. The lowest BCUT2D eigenvalue weighted by Gasteiger charge is -2.30. The third-order valence-electron chi connectivity index (χ3n) is 5.29. The van der Waals surface area contributed by atoms with Crippen LogP contribution in [0, 0.1) is 5.82 Å². The highest BCUT2D eigenvalue weighted by atomic mass is 32.2. The summed E-state index contributed by atoms with van der Waals surface area (Å²) in [6, 6.07) is 8.78. The Morgan fingerprint density at radius 1 is 1.17 bits per heavy atom. The molecule has 1 fully saturated rings. The SMILES string of the molecule is COc1ccc(OC)c(CNC(=O)C2=C3CCCN3c3ccc(F)cc3S2(=O)=O)c1. The van der Waals surface area contributed by atoms with Crippen LogP contribution in [0.5, 0.6) is 11.5 Å². The Balaban J connectivity index is 1.69. The van der Waals surface area contributed by atoms with Crippen molar-refractivity contribution in [2.75, 3.05) is 25.7 Å². The highest BCUT2D eigenvalue weighted by molar-refractivity contribution is 7.96. The lowest BCUT2D eigenvalue weighted by Crippen LogP contribution is -2.35. The van der Waals surface area contributed by atoms with Gasteiger partial charge in [-0.25, -0.2) is 12.8 Å². The lowest BCUT2D eigenvalue weighted by molar-refractivity contribution is -0.117. The first-order valence-corrected chi connectivity index (χ1v) is 10.9. The molecule has 0 saturated carbocycles. The summed E-state index contributed by atoms with van der Waals surface area (Å²) < 4.78 is 50.8. The lowest BCUT2D eigenvalue weighted by atomic mass is 10.2. The molecule has 0 aliphatic carbocycles. The Morgan fingerprint density at radius 2 is 1.97 bits per heavy atom. The van der Waals surface area contributed by atoms with E-state index in [0.29, 0.717) is 47.8 Å². The molecule has 2 aromatic carbocycles. The molecule has 0 unspecified atom stereocenters. The number of methoxy groups -OCH3 is 2. The molecule has 9 heteroatoms. The van der Waals surface area contributed by atoms with Gasteiger partial charge in [-0.2, -0.15) is 0 Å². The van der Waals surface area contributed by atoms with E-state index in [1.165, 1.54) is 26.4 Å². The third kappa shape index (κ3) is 3.28. The second-order valence-corrected chi connectivity index (χ2v) is 8.86. The molecule has 7 nitrogen and oxygen atoms in total. The number of hydrogen-bond donors (Lipinski definition) is 1. The molecule has 30 heavy (non-hydrogen) atoms. The smallest absolute Gasteiger partial charge is 0.265 e. The normalized spacial score (nSPS) is 16.7. The number of nitrogens with zero attached hydrogens (tertiary/aromatic N) is 1. The Bertz CT molecular complexity index is 1160. The number of carbonyl (C=O) groups is 1. The van der Waals surface area contributed by atoms with Crippen LogP contribution in [0.25, 0.3) is 0 Å². The van der Waals surface area contributed by atoms with Gasteiger partial charge in [0, 0.05) is 24.4 Å². The predicted molar refractivity (Wildman–Crippen MR) is 109 cm³/mol. The Labute approximate surface area is 174 Å². The first-order chi connectivity index (χ1) is 14.4. The fourth-order valence-electron chi connectivity index (χ4n) is 3.90. The van der Waals surface area contributed by atoms with Crippen LogP contribution in [0.2, 0.25) is 0 Å². The molecule has 2 aliphatic rings. The molecule has 0 aromatic heterocycles. The van der Waals surface area contributed by atoms with Crippen molar-refractivity contribution in [1.82, 2.24) is 5.32 Å². The zero-order chi connectivity index (χ0) is 21.5. The number of hydrogen-bond acceptors (Lipinski definition) is 6. The van der Waals surface area contributed by atoms with E-state index < -0.39 is 21.6 Å². The van der Waals surface area contributed by atoms with Gasteiger partial charge in [-0.05, 0) is 49.2 Å². The first kappa shape index (κ1) is 20.2.